The van der Waals surface area contributed by atoms with E-state index in [0.717, 1.165) is 16.9 Å². The fourth-order valence-corrected chi connectivity index (χ4v) is 2.76. The van der Waals surface area contributed by atoms with Crippen LogP contribution in [-0.4, -0.2) is 13.7 Å². The molecular formula is C18H20FNO. The van der Waals surface area contributed by atoms with Crippen LogP contribution in [0.25, 0.3) is 11.1 Å². The van der Waals surface area contributed by atoms with Crippen molar-refractivity contribution in [3.8, 4) is 16.9 Å². The fourth-order valence-electron chi connectivity index (χ4n) is 2.76. The standard InChI is InChI=1S/C18H20FNO/c1-18(2)11-21-17-7-6-12(8-15(17)18)13-4-5-14(10-20-3)16(19)9-13/h4-9,20H,10-11H2,1-3H3. The van der Waals surface area contributed by atoms with Crippen LogP contribution in [0, 0.1) is 5.82 Å². The van der Waals surface area contributed by atoms with Crippen molar-refractivity contribution in [1.29, 1.82) is 0 Å². The molecule has 1 aliphatic rings. The average molecular weight is 285 g/mol. The van der Waals surface area contributed by atoms with E-state index >= 15 is 0 Å². The molecule has 110 valence electrons. The Morgan fingerprint density at radius 2 is 1.86 bits per heavy atom. The Hall–Kier alpha value is -1.87. The van der Waals surface area contributed by atoms with Crippen molar-refractivity contribution in [2.24, 2.45) is 0 Å². The lowest BCUT2D eigenvalue weighted by atomic mass is 9.85. The van der Waals surface area contributed by atoms with E-state index in [1.165, 1.54) is 5.56 Å². The first-order valence-electron chi connectivity index (χ1n) is 7.22. The number of ether oxygens (including phenoxy) is 1. The topological polar surface area (TPSA) is 21.3 Å². The van der Waals surface area contributed by atoms with E-state index < -0.39 is 0 Å². The van der Waals surface area contributed by atoms with E-state index in [1.807, 2.05) is 31.3 Å². The minimum absolute atomic E-state index is 0.00988. The Morgan fingerprint density at radius 1 is 1.14 bits per heavy atom. The maximum absolute atomic E-state index is 14.1. The maximum Gasteiger partial charge on any atom is 0.128 e. The molecule has 3 rings (SSSR count). The van der Waals surface area contributed by atoms with Crippen LogP contribution in [0.1, 0.15) is 25.0 Å². The molecular weight excluding hydrogens is 265 g/mol. The van der Waals surface area contributed by atoms with Gasteiger partial charge in [-0.2, -0.15) is 0 Å². The molecule has 0 fully saturated rings. The Morgan fingerprint density at radius 3 is 2.57 bits per heavy atom. The maximum atomic E-state index is 14.1. The van der Waals surface area contributed by atoms with Gasteiger partial charge in [-0.3, -0.25) is 0 Å². The zero-order valence-corrected chi connectivity index (χ0v) is 12.7. The zero-order chi connectivity index (χ0) is 15.0. The molecule has 0 saturated carbocycles. The van der Waals surface area contributed by atoms with Crippen molar-refractivity contribution in [1.82, 2.24) is 5.32 Å². The molecule has 0 radical (unpaired) electrons. The predicted molar refractivity (Wildman–Crippen MR) is 83.1 cm³/mol. The summed E-state index contributed by atoms with van der Waals surface area (Å²) in [4.78, 5) is 0. The molecule has 0 spiro atoms. The molecule has 0 saturated heterocycles. The first-order chi connectivity index (χ1) is 10.0. The van der Waals surface area contributed by atoms with Gasteiger partial charge in [0.15, 0.2) is 0 Å². The molecule has 0 unspecified atom stereocenters. The van der Waals surface area contributed by atoms with Crippen LogP contribution < -0.4 is 10.1 Å². The van der Waals surface area contributed by atoms with Gasteiger partial charge in [0.05, 0.1) is 6.61 Å². The summed E-state index contributed by atoms with van der Waals surface area (Å²) in [6.45, 7) is 5.57. The van der Waals surface area contributed by atoms with Crippen molar-refractivity contribution >= 4 is 0 Å². The summed E-state index contributed by atoms with van der Waals surface area (Å²) in [5.41, 5.74) is 3.82. The summed E-state index contributed by atoms with van der Waals surface area (Å²) in [5.74, 6) is 0.772. The minimum atomic E-state index is -0.169. The van der Waals surface area contributed by atoms with Gasteiger partial charge in [-0.15, -0.1) is 0 Å². The summed E-state index contributed by atoms with van der Waals surface area (Å²) < 4.78 is 19.8. The van der Waals surface area contributed by atoms with Crippen LogP contribution in [0.5, 0.6) is 5.75 Å². The molecule has 1 N–H and O–H groups in total. The summed E-state index contributed by atoms with van der Waals surface area (Å²) >= 11 is 0. The van der Waals surface area contributed by atoms with Gasteiger partial charge in [0.1, 0.15) is 11.6 Å². The number of halogens is 1. The van der Waals surface area contributed by atoms with E-state index in [0.29, 0.717) is 18.7 Å². The molecule has 2 aromatic rings. The largest absolute Gasteiger partial charge is 0.492 e. The lowest BCUT2D eigenvalue weighted by molar-refractivity contribution is 0.291. The average Bonchev–Trinajstić information content (AvgIpc) is 2.77. The number of hydrogen-bond donors (Lipinski definition) is 1. The Bertz CT molecular complexity index is 679. The van der Waals surface area contributed by atoms with Crippen molar-refractivity contribution in [2.45, 2.75) is 25.8 Å². The summed E-state index contributed by atoms with van der Waals surface area (Å²) in [6.07, 6.45) is 0. The van der Waals surface area contributed by atoms with Gasteiger partial charge in [0.25, 0.3) is 0 Å². The van der Waals surface area contributed by atoms with Gasteiger partial charge in [-0.25, -0.2) is 4.39 Å². The summed E-state index contributed by atoms with van der Waals surface area (Å²) in [7, 11) is 1.82. The predicted octanol–water partition coefficient (Wildman–Crippen LogP) is 3.88. The second-order valence-corrected chi connectivity index (χ2v) is 6.22. The van der Waals surface area contributed by atoms with E-state index in [4.69, 9.17) is 4.74 Å². The molecule has 0 aromatic heterocycles. The third kappa shape index (κ3) is 2.54. The van der Waals surface area contributed by atoms with E-state index in [-0.39, 0.29) is 11.2 Å². The summed E-state index contributed by atoms with van der Waals surface area (Å²) in [5, 5.41) is 2.97. The number of fused-ring (bicyclic) bond motifs is 1. The van der Waals surface area contributed by atoms with E-state index in [1.54, 1.807) is 6.07 Å². The molecule has 3 heteroatoms. The molecule has 2 nitrogen and oxygen atoms in total. The molecule has 2 aromatic carbocycles. The number of benzene rings is 2. The quantitative estimate of drug-likeness (QED) is 0.924. The Balaban J connectivity index is 2.00. The lowest BCUT2D eigenvalue weighted by Gasteiger charge is -2.16. The molecule has 21 heavy (non-hydrogen) atoms. The van der Waals surface area contributed by atoms with Gasteiger partial charge in [-0.05, 0) is 36.4 Å². The van der Waals surface area contributed by atoms with Gasteiger partial charge in [0.2, 0.25) is 0 Å². The molecule has 0 bridgehead atoms. The van der Waals surface area contributed by atoms with Crippen LogP contribution >= 0.6 is 0 Å². The van der Waals surface area contributed by atoms with E-state index in [9.17, 15) is 4.39 Å². The van der Waals surface area contributed by atoms with Crippen LogP contribution in [0.2, 0.25) is 0 Å². The van der Waals surface area contributed by atoms with Gasteiger partial charge in [0, 0.05) is 23.1 Å². The van der Waals surface area contributed by atoms with Crippen molar-refractivity contribution in [3.05, 3.63) is 53.3 Å². The van der Waals surface area contributed by atoms with Gasteiger partial charge < -0.3 is 10.1 Å². The number of rotatable bonds is 3. The Kier molecular flexibility index (Phi) is 3.46. The highest BCUT2D eigenvalue weighted by molar-refractivity contribution is 5.67. The Labute approximate surface area is 125 Å². The SMILES string of the molecule is CNCc1ccc(-c2ccc3c(c2)C(C)(C)CO3)cc1F. The highest BCUT2D eigenvalue weighted by Crippen LogP contribution is 2.40. The van der Waals surface area contributed by atoms with Crippen LogP contribution in [0.3, 0.4) is 0 Å². The van der Waals surface area contributed by atoms with Crippen molar-refractivity contribution in [2.75, 3.05) is 13.7 Å². The minimum Gasteiger partial charge on any atom is -0.492 e. The molecule has 0 atom stereocenters. The second kappa shape index (κ2) is 5.15. The highest BCUT2D eigenvalue weighted by Gasteiger charge is 2.31. The second-order valence-electron chi connectivity index (χ2n) is 6.22. The third-order valence-corrected chi connectivity index (χ3v) is 4.05. The van der Waals surface area contributed by atoms with E-state index in [2.05, 4.69) is 25.2 Å². The van der Waals surface area contributed by atoms with Crippen LogP contribution in [0.15, 0.2) is 36.4 Å². The van der Waals surface area contributed by atoms with Crippen LogP contribution in [0.4, 0.5) is 4.39 Å². The first kappa shape index (κ1) is 14.1. The first-order valence-corrected chi connectivity index (χ1v) is 7.22. The molecule has 0 aliphatic carbocycles. The smallest absolute Gasteiger partial charge is 0.128 e. The van der Waals surface area contributed by atoms with Gasteiger partial charge in [-0.1, -0.05) is 32.0 Å². The molecule has 1 heterocycles. The summed E-state index contributed by atoms with van der Waals surface area (Å²) in [6, 6.07) is 11.5. The lowest BCUT2D eigenvalue weighted by Crippen LogP contribution is -2.18. The normalized spacial score (nSPS) is 15.6. The molecule has 1 aliphatic heterocycles. The van der Waals surface area contributed by atoms with Crippen molar-refractivity contribution in [3.63, 3.8) is 0 Å². The molecule has 0 amide bonds. The van der Waals surface area contributed by atoms with Crippen molar-refractivity contribution < 1.29 is 9.13 Å². The third-order valence-electron chi connectivity index (χ3n) is 4.05. The van der Waals surface area contributed by atoms with Crippen LogP contribution in [-0.2, 0) is 12.0 Å². The number of hydrogen-bond acceptors (Lipinski definition) is 2. The monoisotopic (exact) mass is 285 g/mol. The number of nitrogens with one attached hydrogen (secondary N) is 1. The highest BCUT2D eigenvalue weighted by atomic mass is 19.1. The zero-order valence-electron chi connectivity index (χ0n) is 12.7. The van der Waals surface area contributed by atoms with Gasteiger partial charge >= 0.3 is 0 Å². The fraction of sp³-hybridized carbons (Fsp3) is 0.333.